The summed E-state index contributed by atoms with van der Waals surface area (Å²) in [7, 11) is 0. The Morgan fingerprint density at radius 2 is 0.667 bits per heavy atom. The maximum atomic E-state index is 6.58. The molecule has 0 N–H and O–H groups in total. The molecule has 0 aromatic heterocycles. The van der Waals surface area contributed by atoms with Gasteiger partial charge < -0.3 is 7.58 Å². The van der Waals surface area contributed by atoms with E-state index in [1.54, 1.807) is 0 Å². The Balaban J connectivity index is 0.00000265. The molecule has 0 bridgehead atoms. The Kier molecular flexibility index (Phi) is 9.76. The zero-order chi connectivity index (χ0) is 25.8. The summed E-state index contributed by atoms with van der Waals surface area (Å²) in [5.74, 6) is 2.03. The van der Waals surface area contributed by atoms with Crippen molar-refractivity contribution in [3.05, 3.63) is 58.7 Å². The molecule has 184 valence electrons. The van der Waals surface area contributed by atoms with Crippen LogP contribution in [0.2, 0.25) is 0 Å². The molecule has 0 fully saturated rings. The standard InChI is InChI=1S/2C14H22O.C2H6.Al.H/c2*1-13(2,3)10-8-7-9-11(12(10)15)14(4,5)6;1-2;;/h2*7-9,15H,1-6H3;1-2H3;;/q;;;+2;/p-2. The van der Waals surface area contributed by atoms with Gasteiger partial charge >= 0.3 is 15.9 Å². The molecule has 2 rings (SSSR count). The first-order valence-corrected chi connectivity index (χ1v) is 13.6. The summed E-state index contributed by atoms with van der Waals surface area (Å²) in [4.78, 5) is 0. The van der Waals surface area contributed by atoms with Crippen molar-refractivity contribution in [1.82, 2.24) is 0 Å². The number of para-hydroxylation sites is 2. The van der Waals surface area contributed by atoms with Crippen molar-refractivity contribution in [2.24, 2.45) is 0 Å². The largest absolute Gasteiger partial charge is 0.832 e. The van der Waals surface area contributed by atoms with Crippen LogP contribution in [0.4, 0.5) is 0 Å². The molecule has 0 aliphatic carbocycles. The third-order valence-corrected chi connectivity index (χ3v) is 6.48. The molecule has 0 aliphatic heterocycles. The van der Waals surface area contributed by atoms with Gasteiger partial charge in [0.25, 0.3) is 0 Å². The third kappa shape index (κ3) is 7.80. The second-order valence-corrected chi connectivity index (χ2v) is 13.6. The third-order valence-electron chi connectivity index (χ3n) is 5.67. The quantitative estimate of drug-likeness (QED) is 0.418. The molecule has 0 spiro atoms. The zero-order valence-corrected chi connectivity index (χ0v) is 25.4. The summed E-state index contributed by atoms with van der Waals surface area (Å²) in [6.45, 7) is 31.0. The summed E-state index contributed by atoms with van der Waals surface area (Å²) >= 11 is -1.30. The number of hydrogen-bond acceptors (Lipinski definition) is 2. The summed E-state index contributed by atoms with van der Waals surface area (Å²) in [6, 6.07) is 13.1. The molecule has 2 nitrogen and oxygen atoms in total. The van der Waals surface area contributed by atoms with Crippen LogP contribution in [0, 0.1) is 0 Å². The fourth-order valence-electron chi connectivity index (χ4n) is 3.89. The van der Waals surface area contributed by atoms with Gasteiger partial charge in [-0.15, -0.1) is 0 Å². The lowest BCUT2D eigenvalue weighted by Crippen LogP contribution is -2.25. The van der Waals surface area contributed by atoms with Gasteiger partial charge in [0.1, 0.15) is 0 Å². The van der Waals surface area contributed by atoms with E-state index < -0.39 is 15.9 Å². The zero-order valence-electron chi connectivity index (χ0n) is 24.0. The van der Waals surface area contributed by atoms with Crippen LogP contribution in [0.25, 0.3) is 0 Å². The van der Waals surface area contributed by atoms with Gasteiger partial charge in [-0.3, -0.25) is 0 Å². The van der Waals surface area contributed by atoms with Crippen LogP contribution in [0.15, 0.2) is 36.4 Å². The number of rotatable bonds is 4. The first-order chi connectivity index (χ1) is 14.9. The SMILES string of the molecule is CC.CC(C)(C)c1cccc(C(C)(C)C)c1[O][AlH][O]c1c(C(C)(C)C)cccc1C(C)(C)C. The minimum atomic E-state index is -1.30. The molecule has 0 heterocycles. The van der Waals surface area contributed by atoms with Crippen LogP contribution in [0.5, 0.6) is 11.5 Å². The van der Waals surface area contributed by atoms with Crippen molar-refractivity contribution < 1.29 is 7.58 Å². The van der Waals surface area contributed by atoms with Crippen LogP contribution in [0.3, 0.4) is 0 Å². The van der Waals surface area contributed by atoms with Crippen LogP contribution in [-0.2, 0) is 21.7 Å². The fraction of sp³-hybridized carbons (Fsp3) is 0.600. The van der Waals surface area contributed by atoms with Crippen molar-refractivity contribution in [1.29, 1.82) is 0 Å². The van der Waals surface area contributed by atoms with Crippen LogP contribution >= 0.6 is 0 Å². The second kappa shape index (κ2) is 10.9. The van der Waals surface area contributed by atoms with Gasteiger partial charge in [-0.05, 0) is 43.9 Å². The van der Waals surface area contributed by atoms with E-state index in [-0.39, 0.29) is 21.7 Å². The highest BCUT2D eigenvalue weighted by molar-refractivity contribution is 6.21. The first kappa shape index (κ1) is 29.6. The molecular weight excluding hydrogens is 419 g/mol. The van der Waals surface area contributed by atoms with Crippen molar-refractivity contribution in [2.75, 3.05) is 0 Å². The molecule has 2 aromatic carbocycles. The van der Waals surface area contributed by atoms with Gasteiger partial charge in [0.05, 0.1) is 11.5 Å². The maximum Gasteiger partial charge on any atom is 0.832 e. The molecule has 0 saturated heterocycles. The van der Waals surface area contributed by atoms with E-state index in [0.717, 1.165) is 11.5 Å². The summed E-state index contributed by atoms with van der Waals surface area (Å²) in [6.07, 6.45) is 0. The van der Waals surface area contributed by atoms with E-state index in [2.05, 4.69) is 119 Å². The van der Waals surface area contributed by atoms with Gasteiger partial charge in [-0.1, -0.05) is 133 Å². The molecule has 0 unspecified atom stereocenters. The maximum absolute atomic E-state index is 6.58. The lowest BCUT2D eigenvalue weighted by atomic mass is 9.79. The minimum Gasteiger partial charge on any atom is -0.614 e. The number of benzene rings is 2. The highest BCUT2D eigenvalue weighted by atomic mass is 27.2. The molecule has 3 heteroatoms. The smallest absolute Gasteiger partial charge is 0.614 e. The first-order valence-electron chi connectivity index (χ1n) is 12.5. The molecular formula is C30H49AlO2. The Hall–Kier alpha value is -1.43. The predicted octanol–water partition coefficient (Wildman–Crippen LogP) is 8.63. The fourth-order valence-corrected chi connectivity index (χ4v) is 4.81. The average Bonchev–Trinajstić information content (AvgIpc) is 2.66. The second-order valence-electron chi connectivity index (χ2n) is 12.8. The predicted molar refractivity (Wildman–Crippen MR) is 147 cm³/mol. The van der Waals surface area contributed by atoms with Gasteiger partial charge in [0, 0.05) is 0 Å². The summed E-state index contributed by atoms with van der Waals surface area (Å²) in [5.41, 5.74) is 5.01. The van der Waals surface area contributed by atoms with Gasteiger partial charge in [-0.2, -0.15) is 0 Å². The van der Waals surface area contributed by atoms with Crippen molar-refractivity contribution in [3.63, 3.8) is 0 Å². The van der Waals surface area contributed by atoms with Crippen LogP contribution in [-0.4, -0.2) is 15.9 Å². The van der Waals surface area contributed by atoms with Crippen LogP contribution < -0.4 is 7.58 Å². The molecule has 0 saturated carbocycles. The van der Waals surface area contributed by atoms with E-state index in [1.807, 2.05) is 13.8 Å². The van der Waals surface area contributed by atoms with E-state index in [4.69, 9.17) is 7.58 Å². The van der Waals surface area contributed by atoms with Crippen LogP contribution in [0.1, 0.15) is 119 Å². The minimum absolute atomic E-state index is 0.00484. The Labute approximate surface area is 211 Å². The van der Waals surface area contributed by atoms with Gasteiger partial charge in [0.2, 0.25) is 0 Å². The molecule has 33 heavy (non-hydrogen) atoms. The Bertz CT molecular complexity index is 761. The molecule has 0 radical (unpaired) electrons. The molecule has 0 aliphatic rings. The normalized spacial score (nSPS) is 12.5. The van der Waals surface area contributed by atoms with Crippen molar-refractivity contribution in [2.45, 2.75) is 119 Å². The van der Waals surface area contributed by atoms with Gasteiger partial charge in [0.15, 0.2) is 0 Å². The van der Waals surface area contributed by atoms with Crippen molar-refractivity contribution in [3.8, 4) is 11.5 Å². The monoisotopic (exact) mass is 468 g/mol. The molecule has 0 atom stereocenters. The average molecular weight is 469 g/mol. The van der Waals surface area contributed by atoms with Gasteiger partial charge in [-0.25, -0.2) is 0 Å². The van der Waals surface area contributed by atoms with E-state index in [9.17, 15) is 0 Å². The lowest BCUT2D eigenvalue weighted by molar-refractivity contribution is 0.414. The molecule has 2 aromatic rings. The summed E-state index contributed by atoms with van der Waals surface area (Å²) < 4.78 is 13.2. The van der Waals surface area contributed by atoms with E-state index in [1.165, 1.54) is 22.3 Å². The highest BCUT2D eigenvalue weighted by Gasteiger charge is 2.29. The van der Waals surface area contributed by atoms with E-state index in [0.29, 0.717) is 0 Å². The highest BCUT2D eigenvalue weighted by Crippen LogP contribution is 2.41. The van der Waals surface area contributed by atoms with Crippen molar-refractivity contribution >= 4 is 15.9 Å². The Morgan fingerprint density at radius 3 is 0.848 bits per heavy atom. The summed E-state index contributed by atoms with van der Waals surface area (Å²) in [5, 5.41) is 0. The molecule has 0 amide bonds. The lowest BCUT2D eigenvalue weighted by Gasteiger charge is -2.32. The topological polar surface area (TPSA) is 18.5 Å². The number of hydrogen-bond donors (Lipinski definition) is 0. The van der Waals surface area contributed by atoms with E-state index >= 15 is 0 Å². The Morgan fingerprint density at radius 1 is 0.455 bits per heavy atom.